The average Bonchev–Trinajstić information content (AvgIpc) is 2.60. The first-order valence-corrected chi connectivity index (χ1v) is 7.72. The molecule has 7 nitrogen and oxygen atoms in total. The smallest absolute Gasteiger partial charge is 0.417 e. The molecule has 0 bridgehead atoms. The normalized spacial score (nSPS) is 11.0. The molecule has 0 saturated carbocycles. The minimum Gasteiger partial charge on any atom is -0.495 e. The summed E-state index contributed by atoms with van der Waals surface area (Å²) in [6, 6.07) is 6.73. The van der Waals surface area contributed by atoms with Crippen LogP contribution in [-0.2, 0) is 11.0 Å². The number of amides is 1. The molecule has 2 N–H and O–H groups in total. The van der Waals surface area contributed by atoms with Gasteiger partial charge < -0.3 is 15.4 Å². The van der Waals surface area contributed by atoms with Gasteiger partial charge in [0.1, 0.15) is 5.75 Å². The second kappa shape index (κ2) is 8.12. The number of rotatable bonds is 6. The maximum Gasteiger partial charge on any atom is 0.417 e. The first-order valence-electron chi connectivity index (χ1n) is 7.34. The second-order valence-corrected chi connectivity index (χ2v) is 5.64. The number of ether oxygens (including phenoxy) is 1. The highest BCUT2D eigenvalue weighted by Gasteiger charge is 2.33. The van der Waals surface area contributed by atoms with Crippen LogP contribution in [0.2, 0.25) is 5.02 Å². The molecule has 0 aliphatic carbocycles. The van der Waals surface area contributed by atoms with Crippen LogP contribution >= 0.6 is 11.6 Å². The van der Waals surface area contributed by atoms with Crippen molar-refractivity contribution in [3.8, 4) is 5.75 Å². The number of nitro benzene ring substituents is 1. The van der Waals surface area contributed by atoms with Gasteiger partial charge in [0.15, 0.2) is 0 Å². The molecule has 1 amide bonds. The highest BCUT2D eigenvalue weighted by Crippen LogP contribution is 2.36. The van der Waals surface area contributed by atoms with Gasteiger partial charge in [0.05, 0.1) is 34.9 Å². The zero-order valence-corrected chi connectivity index (χ0v) is 14.5. The van der Waals surface area contributed by atoms with Gasteiger partial charge >= 0.3 is 6.18 Å². The van der Waals surface area contributed by atoms with Crippen LogP contribution in [0.25, 0.3) is 0 Å². The summed E-state index contributed by atoms with van der Waals surface area (Å²) in [5, 5.41) is 15.3. The molecule has 0 aliphatic rings. The molecule has 144 valence electrons. The van der Waals surface area contributed by atoms with Gasteiger partial charge in [0, 0.05) is 17.8 Å². The Kier molecular flexibility index (Phi) is 6.11. The summed E-state index contributed by atoms with van der Waals surface area (Å²) < 4.78 is 43.6. The van der Waals surface area contributed by atoms with Gasteiger partial charge in [0.2, 0.25) is 5.91 Å². The Morgan fingerprint density at radius 3 is 2.56 bits per heavy atom. The number of carbonyl (C=O) groups excluding carboxylic acids is 1. The van der Waals surface area contributed by atoms with Crippen LogP contribution in [0, 0.1) is 10.1 Å². The fraction of sp³-hybridized carbons (Fsp3) is 0.188. The number of methoxy groups -OCH3 is 1. The predicted molar refractivity (Wildman–Crippen MR) is 93.2 cm³/mol. The SMILES string of the molecule is COc1ccc([N+](=O)[O-])cc1NCC(=O)Nc1ccc(Cl)c(C(F)(F)F)c1. The molecule has 27 heavy (non-hydrogen) atoms. The Morgan fingerprint density at radius 2 is 1.96 bits per heavy atom. The minimum absolute atomic E-state index is 0.0930. The molecule has 2 rings (SSSR count). The van der Waals surface area contributed by atoms with Crippen molar-refractivity contribution in [1.82, 2.24) is 0 Å². The van der Waals surface area contributed by atoms with Gasteiger partial charge in [-0.15, -0.1) is 0 Å². The lowest BCUT2D eigenvalue weighted by Gasteiger charge is -2.13. The molecule has 0 fully saturated rings. The monoisotopic (exact) mass is 403 g/mol. The van der Waals surface area contributed by atoms with Crippen molar-refractivity contribution in [2.24, 2.45) is 0 Å². The Morgan fingerprint density at radius 1 is 1.26 bits per heavy atom. The van der Waals surface area contributed by atoms with Crippen molar-refractivity contribution in [3.63, 3.8) is 0 Å². The van der Waals surface area contributed by atoms with Gasteiger partial charge in [-0.25, -0.2) is 0 Å². The summed E-state index contributed by atoms with van der Waals surface area (Å²) in [5.41, 5.74) is -1.19. The first-order chi connectivity index (χ1) is 12.6. The molecule has 0 radical (unpaired) electrons. The van der Waals surface area contributed by atoms with Crippen LogP contribution in [0.3, 0.4) is 0 Å². The molecule has 0 atom stereocenters. The fourth-order valence-corrected chi connectivity index (χ4v) is 2.37. The van der Waals surface area contributed by atoms with Crippen LogP contribution in [0.15, 0.2) is 36.4 Å². The topological polar surface area (TPSA) is 93.5 Å². The van der Waals surface area contributed by atoms with E-state index in [0.717, 1.165) is 6.07 Å². The summed E-state index contributed by atoms with van der Waals surface area (Å²) in [6.07, 6.45) is -4.66. The van der Waals surface area contributed by atoms with Crippen molar-refractivity contribution >= 4 is 34.6 Å². The van der Waals surface area contributed by atoms with E-state index in [4.69, 9.17) is 16.3 Å². The van der Waals surface area contributed by atoms with E-state index in [1.165, 1.54) is 31.4 Å². The first kappa shape index (κ1) is 20.3. The molecule has 0 spiro atoms. The Bertz CT molecular complexity index is 874. The lowest BCUT2D eigenvalue weighted by molar-refractivity contribution is -0.384. The van der Waals surface area contributed by atoms with E-state index in [1.807, 2.05) is 0 Å². The van der Waals surface area contributed by atoms with Crippen LogP contribution in [-0.4, -0.2) is 24.5 Å². The summed E-state index contributed by atoms with van der Waals surface area (Å²) in [4.78, 5) is 22.2. The highest BCUT2D eigenvalue weighted by molar-refractivity contribution is 6.31. The molecule has 0 aliphatic heterocycles. The van der Waals surface area contributed by atoms with Crippen LogP contribution in [0.5, 0.6) is 5.75 Å². The summed E-state index contributed by atoms with van der Waals surface area (Å²) in [6.45, 7) is -0.360. The minimum atomic E-state index is -4.66. The van der Waals surface area contributed by atoms with E-state index in [2.05, 4.69) is 10.6 Å². The second-order valence-electron chi connectivity index (χ2n) is 5.24. The lowest BCUT2D eigenvalue weighted by Crippen LogP contribution is -2.22. The molecule has 11 heteroatoms. The number of non-ortho nitro benzene ring substituents is 1. The van der Waals surface area contributed by atoms with Crippen molar-refractivity contribution in [1.29, 1.82) is 0 Å². The number of nitrogens with one attached hydrogen (secondary N) is 2. The summed E-state index contributed by atoms with van der Waals surface area (Å²) in [7, 11) is 1.35. The molecule has 2 aromatic rings. The lowest BCUT2D eigenvalue weighted by atomic mass is 10.2. The van der Waals surface area contributed by atoms with Gasteiger partial charge in [0.25, 0.3) is 5.69 Å². The zero-order valence-electron chi connectivity index (χ0n) is 13.8. The number of halogens is 4. The maximum atomic E-state index is 12.8. The van der Waals surface area contributed by atoms with E-state index in [9.17, 15) is 28.1 Å². The van der Waals surface area contributed by atoms with Crippen LogP contribution in [0.1, 0.15) is 5.56 Å². The molecular formula is C16H13ClF3N3O4. The van der Waals surface area contributed by atoms with E-state index in [1.54, 1.807) is 0 Å². The van der Waals surface area contributed by atoms with Crippen LogP contribution in [0.4, 0.5) is 30.2 Å². The zero-order chi connectivity index (χ0) is 20.2. The van der Waals surface area contributed by atoms with Gasteiger partial charge in [-0.2, -0.15) is 13.2 Å². The number of hydrogen-bond donors (Lipinski definition) is 2. The summed E-state index contributed by atoms with van der Waals surface area (Å²) >= 11 is 5.52. The van der Waals surface area contributed by atoms with Gasteiger partial charge in [-0.1, -0.05) is 11.6 Å². The number of benzene rings is 2. The van der Waals surface area contributed by atoms with Gasteiger partial charge in [-0.3, -0.25) is 14.9 Å². The Balaban J connectivity index is 2.09. The molecule has 0 aromatic heterocycles. The maximum absolute atomic E-state index is 12.8. The molecule has 0 heterocycles. The number of hydrogen-bond acceptors (Lipinski definition) is 5. The van der Waals surface area contributed by atoms with E-state index in [0.29, 0.717) is 6.07 Å². The number of anilines is 2. The Hall–Kier alpha value is -3.01. The van der Waals surface area contributed by atoms with Crippen molar-refractivity contribution in [2.45, 2.75) is 6.18 Å². The average molecular weight is 404 g/mol. The molecule has 0 saturated heterocycles. The van der Waals surface area contributed by atoms with Crippen LogP contribution < -0.4 is 15.4 Å². The third-order valence-electron chi connectivity index (χ3n) is 3.39. The standard InChI is InChI=1S/C16H13ClF3N3O4/c1-27-14-5-3-10(23(25)26)7-13(14)21-8-15(24)22-9-2-4-12(17)11(6-9)16(18,19)20/h2-7,21H,8H2,1H3,(H,22,24). The third-order valence-corrected chi connectivity index (χ3v) is 3.72. The molecular weight excluding hydrogens is 391 g/mol. The number of nitro groups is 1. The quantitative estimate of drug-likeness (QED) is 0.553. The predicted octanol–water partition coefficient (Wildman–Crippen LogP) is 4.33. The van der Waals surface area contributed by atoms with E-state index >= 15 is 0 Å². The van der Waals surface area contributed by atoms with Crippen molar-refractivity contribution in [3.05, 3.63) is 57.1 Å². The van der Waals surface area contributed by atoms with E-state index < -0.39 is 27.6 Å². The number of carbonyl (C=O) groups is 1. The van der Waals surface area contributed by atoms with E-state index in [-0.39, 0.29) is 29.4 Å². The highest BCUT2D eigenvalue weighted by atomic mass is 35.5. The number of nitrogens with zero attached hydrogens (tertiary/aromatic N) is 1. The summed E-state index contributed by atoms with van der Waals surface area (Å²) in [5.74, 6) is -0.404. The third kappa shape index (κ3) is 5.23. The van der Waals surface area contributed by atoms with Crippen molar-refractivity contribution in [2.75, 3.05) is 24.3 Å². The molecule has 0 unspecified atom stereocenters. The number of alkyl halides is 3. The molecule has 2 aromatic carbocycles. The fourth-order valence-electron chi connectivity index (χ4n) is 2.15. The largest absolute Gasteiger partial charge is 0.495 e. The van der Waals surface area contributed by atoms with Gasteiger partial charge in [-0.05, 0) is 24.3 Å². The van der Waals surface area contributed by atoms with Crippen molar-refractivity contribution < 1.29 is 27.6 Å². The Labute approximate surface area is 156 Å².